The van der Waals surface area contributed by atoms with Gasteiger partial charge in [-0.15, -0.1) is 11.3 Å². The van der Waals surface area contributed by atoms with Crippen molar-refractivity contribution in [3.8, 4) is 11.1 Å². The number of fused-ring (bicyclic) bond motifs is 1. The number of benzene rings is 2. The first-order valence-corrected chi connectivity index (χ1v) is 11.0. The number of nitrogens with two attached hydrogens (primary N) is 1. The number of anilines is 2. The van der Waals surface area contributed by atoms with E-state index in [-0.39, 0.29) is 10.7 Å². The summed E-state index contributed by atoms with van der Waals surface area (Å²) in [5.74, 6) is 0.902. The zero-order valence-corrected chi connectivity index (χ0v) is 17.2. The molecule has 0 saturated heterocycles. The van der Waals surface area contributed by atoms with Crippen LogP contribution in [0.25, 0.3) is 21.3 Å². The van der Waals surface area contributed by atoms with Gasteiger partial charge in [0.2, 0.25) is 10.0 Å². The van der Waals surface area contributed by atoms with Crippen LogP contribution in [0.5, 0.6) is 0 Å². The lowest BCUT2D eigenvalue weighted by atomic mass is 10.0. The molecule has 0 atom stereocenters. The molecular formula is C20H17FN4O2S2. The third-order valence-electron chi connectivity index (χ3n) is 4.42. The molecule has 0 saturated carbocycles. The smallest absolute Gasteiger partial charge is 0.238 e. The SMILES string of the molecule is Cc1nc(Nc2ccc(S(N)(=O)=O)cc2)c2c(-c3ccc(F)cc3)c(C)sc2n1. The number of hydrogen-bond donors (Lipinski definition) is 2. The molecule has 0 bridgehead atoms. The van der Waals surface area contributed by atoms with E-state index in [2.05, 4.69) is 15.3 Å². The van der Waals surface area contributed by atoms with E-state index in [1.807, 2.05) is 6.92 Å². The van der Waals surface area contributed by atoms with Crippen molar-refractivity contribution >= 4 is 43.1 Å². The van der Waals surface area contributed by atoms with Crippen LogP contribution in [0.4, 0.5) is 15.9 Å². The van der Waals surface area contributed by atoms with Crippen molar-refractivity contribution in [1.82, 2.24) is 9.97 Å². The highest BCUT2D eigenvalue weighted by molar-refractivity contribution is 7.89. The molecule has 0 amide bonds. The summed E-state index contributed by atoms with van der Waals surface area (Å²) in [5, 5.41) is 9.24. The van der Waals surface area contributed by atoms with E-state index in [0.29, 0.717) is 17.3 Å². The number of aromatic nitrogens is 2. The fraction of sp³-hybridized carbons (Fsp3) is 0.100. The van der Waals surface area contributed by atoms with E-state index in [4.69, 9.17) is 5.14 Å². The summed E-state index contributed by atoms with van der Waals surface area (Å²) in [7, 11) is -3.76. The van der Waals surface area contributed by atoms with Gasteiger partial charge in [-0.3, -0.25) is 0 Å². The van der Waals surface area contributed by atoms with E-state index < -0.39 is 10.0 Å². The molecule has 0 aliphatic heterocycles. The van der Waals surface area contributed by atoms with Crippen LogP contribution in [-0.4, -0.2) is 18.4 Å². The molecule has 9 heteroatoms. The molecule has 29 heavy (non-hydrogen) atoms. The predicted molar refractivity (Wildman–Crippen MR) is 113 cm³/mol. The second-order valence-corrected chi connectivity index (χ2v) is 9.30. The summed E-state index contributed by atoms with van der Waals surface area (Å²) in [6.45, 7) is 3.80. The van der Waals surface area contributed by atoms with Crippen molar-refractivity contribution in [2.75, 3.05) is 5.32 Å². The third-order valence-corrected chi connectivity index (χ3v) is 6.35. The summed E-state index contributed by atoms with van der Waals surface area (Å²) < 4.78 is 36.3. The van der Waals surface area contributed by atoms with E-state index in [0.717, 1.165) is 26.2 Å². The molecule has 2 heterocycles. The zero-order chi connectivity index (χ0) is 20.8. The Balaban J connectivity index is 1.85. The second kappa shape index (κ2) is 7.18. The Morgan fingerprint density at radius 1 is 1.00 bits per heavy atom. The van der Waals surface area contributed by atoms with Crippen LogP contribution in [0.1, 0.15) is 10.7 Å². The molecule has 0 aliphatic rings. The van der Waals surface area contributed by atoms with Gasteiger partial charge in [0, 0.05) is 16.1 Å². The Bertz CT molecular complexity index is 1320. The molecule has 0 unspecified atom stereocenters. The molecule has 0 aliphatic carbocycles. The Morgan fingerprint density at radius 2 is 1.66 bits per heavy atom. The molecule has 6 nitrogen and oxygen atoms in total. The molecule has 2 aromatic carbocycles. The molecule has 4 rings (SSSR count). The maximum atomic E-state index is 13.4. The van der Waals surface area contributed by atoms with E-state index in [1.54, 1.807) is 42.5 Å². The van der Waals surface area contributed by atoms with Crippen molar-refractivity contribution in [2.24, 2.45) is 5.14 Å². The number of aryl methyl sites for hydroxylation is 2. The number of rotatable bonds is 4. The summed E-state index contributed by atoms with van der Waals surface area (Å²) in [6.07, 6.45) is 0. The number of thiophene rings is 1. The number of hydrogen-bond acceptors (Lipinski definition) is 6. The Morgan fingerprint density at radius 3 is 2.28 bits per heavy atom. The standard InChI is InChI=1S/C20H17FN4O2S2/c1-11-17(13-3-5-14(21)6-4-13)18-19(23-12(2)24-20(18)28-11)25-15-7-9-16(10-8-15)29(22,26)27/h3-10H,1-2H3,(H2,22,26,27)(H,23,24,25). The highest BCUT2D eigenvalue weighted by Crippen LogP contribution is 2.41. The average molecular weight is 429 g/mol. The third kappa shape index (κ3) is 3.84. The normalized spacial score (nSPS) is 11.7. The van der Waals surface area contributed by atoms with E-state index >= 15 is 0 Å². The second-order valence-electron chi connectivity index (χ2n) is 6.53. The maximum Gasteiger partial charge on any atom is 0.238 e. The van der Waals surface area contributed by atoms with E-state index in [9.17, 15) is 12.8 Å². The summed E-state index contributed by atoms with van der Waals surface area (Å²) in [4.78, 5) is 11.0. The van der Waals surface area contributed by atoms with Gasteiger partial charge in [-0.05, 0) is 55.8 Å². The van der Waals surface area contributed by atoms with Crippen LogP contribution in [0, 0.1) is 19.7 Å². The number of nitrogens with one attached hydrogen (secondary N) is 1. The predicted octanol–water partition coefficient (Wildman–Crippen LogP) is 4.51. The first-order valence-electron chi connectivity index (χ1n) is 8.66. The van der Waals surface area contributed by atoms with Gasteiger partial charge in [-0.1, -0.05) is 12.1 Å². The lowest BCUT2D eigenvalue weighted by molar-refractivity contribution is 0.598. The van der Waals surface area contributed by atoms with Gasteiger partial charge in [-0.2, -0.15) is 0 Å². The van der Waals surface area contributed by atoms with Gasteiger partial charge < -0.3 is 5.32 Å². The molecular weight excluding hydrogens is 411 g/mol. The Kier molecular flexibility index (Phi) is 4.81. The van der Waals surface area contributed by atoms with Gasteiger partial charge in [-0.25, -0.2) is 27.9 Å². The summed E-state index contributed by atoms with van der Waals surface area (Å²) in [5.41, 5.74) is 2.47. The van der Waals surface area contributed by atoms with Crippen LogP contribution < -0.4 is 10.5 Å². The van der Waals surface area contributed by atoms with Crippen molar-refractivity contribution < 1.29 is 12.8 Å². The minimum atomic E-state index is -3.76. The quantitative estimate of drug-likeness (QED) is 0.499. The molecule has 148 valence electrons. The van der Waals surface area contributed by atoms with Crippen LogP contribution in [0.3, 0.4) is 0 Å². The summed E-state index contributed by atoms with van der Waals surface area (Å²) >= 11 is 1.54. The Hall–Kier alpha value is -2.88. The lowest BCUT2D eigenvalue weighted by Crippen LogP contribution is -2.11. The molecule has 0 spiro atoms. The number of primary sulfonamides is 1. The van der Waals surface area contributed by atoms with Crippen LogP contribution in [-0.2, 0) is 10.0 Å². The number of halogens is 1. The molecule has 4 aromatic rings. The highest BCUT2D eigenvalue weighted by atomic mass is 32.2. The maximum absolute atomic E-state index is 13.4. The fourth-order valence-electron chi connectivity index (χ4n) is 3.14. The topological polar surface area (TPSA) is 98.0 Å². The Labute approximate surface area is 171 Å². The van der Waals surface area contributed by atoms with Crippen molar-refractivity contribution in [3.05, 3.63) is 65.0 Å². The molecule has 0 fully saturated rings. The minimum absolute atomic E-state index is 0.0328. The highest BCUT2D eigenvalue weighted by Gasteiger charge is 2.18. The van der Waals surface area contributed by atoms with Crippen molar-refractivity contribution in [1.29, 1.82) is 0 Å². The van der Waals surface area contributed by atoms with Crippen LogP contribution in [0.15, 0.2) is 53.4 Å². The zero-order valence-electron chi connectivity index (χ0n) is 15.6. The van der Waals surface area contributed by atoms with Gasteiger partial charge in [0.15, 0.2) is 0 Å². The first kappa shape index (κ1) is 19.4. The fourth-order valence-corrected chi connectivity index (χ4v) is 4.74. The molecule has 3 N–H and O–H groups in total. The summed E-state index contributed by atoms with van der Waals surface area (Å²) in [6, 6.07) is 12.4. The first-order chi connectivity index (χ1) is 13.7. The largest absolute Gasteiger partial charge is 0.340 e. The van der Waals surface area contributed by atoms with E-state index in [1.165, 1.54) is 24.3 Å². The average Bonchev–Trinajstić information content (AvgIpc) is 2.98. The van der Waals surface area contributed by atoms with Gasteiger partial charge >= 0.3 is 0 Å². The van der Waals surface area contributed by atoms with Crippen LogP contribution >= 0.6 is 11.3 Å². The van der Waals surface area contributed by atoms with Crippen molar-refractivity contribution in [3.63, 3.8) is 0 Å². The van der Waals surface area contributed by atoms with Gasteiger partial charge in [0.1, 0.15) is 22.3 Å². The molecule has 2 aromatic heterocycles. The number of nitrogens with zero attached hydrogens (tertiary/aromatic N) is 2. The van der Waals surface area contributed by atoms with Gasteiger partial charge in [0.05, 0.1) is 10.3 Å². The number of sulfonamides is 1. The molecule has 0 radical (unpaired) electrons. The van der Waals surface area contributed by atoms with Crippen LogP contribution in [0.2, 0.25) is 0 Å². The lowest BCUT2D eigenvalue weighted by Gasteiger charge is -2.11. The monoisotopic (exact) mass is 428 g/mol. The minimum Gasteiger partial charge on any atom is -0.340 e. The van der Waals surface area contributed by atoms with Gasteiger partial charge in [0.25, 0.3) is 0 Å². The van der Waals surface area contributed by atoms with Crippen molar-refractivity contribution in [2.45, 2.75) is 18.7 Å².